The highest BCUT2D eigenvalue weighted by atomic mass is 28.3. The summed E-state index contributed by atoms with van der Waals surface area (Å²) in [5.74, 6) is 3.91. The third kappa shape index (κ3) is 4.30. The number of hydrogen-bond donors (Lipinski definition) is 1. The SMILES string of the molecule is C[Si](C)(C)C#CC1CCCCCC1N. The van der Waals surface area contributed by atoms with Gasteiger partial charge in [0.25, 0.3) is 0 Å². The van der Waals surface area contributed by atoms with Crippen molar-refractivity contribution in [3.63, 3.8) is 0 Å². The first kappa shape index (κ1) is 11.8. The fourth-order valence-electron chi connectivity index (χ4n) is 1.82. The Hall–Kier alpha value is -0.263. The third-order valence-electron chi connectivity index (χ3n) is 2.70. The molecule has 1 aliphatic carbocycles. The van der Waals surface area contributed by atoms with Crippen molar-refractivity contribution in [1.29, 1.82) is 0 Å². The molecule has 0 aromatic carbocycles. The number of rotatable bonds is 0. The highest BCUT2D eigenvalue weighted by Gasteiger charge is 2.18. The average Bonchev–Trinajstić information content (AvgIpc) is 2.25. The molecule has 0 amide bonds. The quantitative estimate of drug-likeness (QED) is 0.370. The van der Waals surface area contributed by atoms with Gasteiger partial charge in [-0.3, -0.25) is 0 Å². The van der Waals surface area contributed by atoms with Crippen molar-refractivity contribution in [2.75, 3.05) is 0 Å². The van der Waals surface area contributed by atoms with Crippen molar-refractivity contribution in [3.05, 3.63) is 0 Å². The summed E-state index contributed by atoms with van der Waals surface area (Å²) < 4.78 is 0. The maximum Gasteiger partial charge on any atom is 0.129 e. The van der Waals surface area contributed by atoms with Gasteiger partial charge >= 0.3 is 0 Å². The Balaban J connectivity index is 2.59. The molecule has 0 aromatic rings. The van der Waals surface area contributed by atoms with E-state index in [0.29, 0.717) is 12.0 Å². The van der Waals surface area contributed by atoms with Gasteiger partial charge in [0.05, 0.1) is 0 Å². The first-order valence-electron chi connectivity index (χ1n) is 5.77. The smallest absolute Gasteiger partial charge is 0.129 e. The van der Waals surface area contributed by atoms with E-state index in [1.807, 2.05) is 0 Å². The van der Waals surface area contributed by atoms with E-state index in [-0.39, 0.29) is 0 Å². The first-order valence-corrected chi connectivity index (χ1v) is 9.27. The van der Waals surface area contributed by atoms with Gasteiger partial charge < -0.3 is 5.73 Å². The Bertz CT molecular complexity index is 231. The molecule has 0 heterocycles. The van der Waals surface area contributed by atoms with E-state index in [0.717, 1.165) is 0 Å². The molecular formula is C12H23NSi. The second kappa shape index (κ2) is 5.00. The van der Waals surface area contributed by atoms with Gasteiger partial charge in [-0.25, -0.2) is 0 Å². The molecule has 2 heteroatoms. The molecule has 1 aliphatic rings. The van der Waals surface area contributed by atoms with E-state index in [2.05, 4.69) is 31.1 Å². The maximum atomic E-state index is 6.12. The molecule has 1 saturated carbocycles. The molecule has 1 nitrogen and oxygen atoms in total. The largest absolute Gasteiger partial charge is 0.327 e. The van der Waals surface area contributed by atoms with Crippen molar-refractivity contribution in [2.24, 2.45) is 11.7 Å². The Kier molecular flexibility index (Phi) is 4.22. The zero-order valence-corrected chi connectivity index (χ0v) is 10.8. The van der Waals surface area contributed by atoms with Crippen molar-refractivity contribution in [3.8, 4) is 11.5 Å². The second-order valence-corrected chi connectivity index (χ2v) is 10.2. The van der Waals surface area contributed by atoms with E-state index in [1.165, 1.54) is 32.1 Å². The summed E-state index contributed by atoms with van der Waals surface area (Å²) in [7, 11) is -1.20. The monoisotopic (exact) mass is 209 g/mol. The molecule has 0 saturated heterocycles. The fraction of sp³-hybridized carbons (Fsp3) is 0.833. The minimum absolute atomic E-state index is 0.335. The molecule has 80 valence electrons. The van der Waals surface area contributed by atoms with Gasteiger partial charge in [-0.15, -0.1) is 11.5 Å². The zero-order valence-electron chi connectivity index (χ0n) is 9.77. The van der Waals surface area contributed by atoms with Crippen LogP contribution in [-0.4, -0.2) is 14.1 Å². The predicted molar refractivity (Wildman–Crippen MR) is 65.7 cm³/mol. The van der Waals surface area contributed by atoms with Crippen molar-refractivity contribution in [2.45, 2.75) is 57.8 Å². The normalized spacial score (nSPS) is 28.9. The van der Waals surface area contributed by atoms with E-state index >= 15 is 0 Å². The second-order valence-electron chi connectivity index (χ2n) is 5.43. The highest BCUT2D eigenvalue weighted by molar-refractivity contribution is 6.83. The van der Waals surface area contributed by atoms with Gasteiger partial charge in [0, 0.05) is 12.0 Å². The summed E-state index contributed by atoms with van der Waals surface area (Å²) in [4.78, 5) is 0. The minimum atomic E-state index is -1.20. The van der Waals surface area contributed by atoms with Gasteiger partial charge in [-0.05, 0) is 12.8 Å². The predicted octanol–water partition coefficient (Wildman–Crippen LogP) is 2.77. The molecule has 2 unspecified atom stereocenters. The van der Waals surface area contributed by atoms with Crippen LogP contribution in [0.1, 0.15) is 32.1 Å². The lowest BCUT2D eigenvalue weighted by Crippen LogP contribution is -2.28. The molecule has 1 fully saturated rings. The fourth-order valence-corrected chi connectivity index (χ4v) is 2.44. The van der Waals surface area contributed by atoms with E-state index in [1.54, 1.807) is 0 Å². The molecule has 0 radical (unpaired) electrons. The topological polar surface area (TPSA) is 26.0 Å². The summed E-state index contributed by atoms with van der Waals surface area (Å²) in [6, 6.07) is 0.335. The van der Waals surface area contributed by atoms with Crippen LogP contribution in [0, 0.1) is 17.4 Å². The summed E-state index contributed by atoms with van der Waals surface area (Å²) >= 11 is 0. The van der Waals surface area contributed by atoms with Crippen molar-refractivity contribution >= 4 is 8.07 Å². The van der Waals surface area contributed by atoms with Crippen molar-refractivity contribution < 1.29 is 0 Å². The lowest BCUT2D eigenvalue weighted by molar-refractivity contribution is 0.490. The molecular weight excluding hydrogens is 186 g/mol. The molecule has 2 atom stereocenters. The van der Waals surface area contributed by atoms with E-state index in [9.17, 15) is 0 Å². The molecule has 0 bridgehead atoms. The maximum absolute atomic E-state index is 6.12. The molecule has 0 spiro atoms. The zero-order chi connectivity index (χ0) is 10.6. The van der Waals surface area contributed by atoms with Gasteiger partial charge in [0.15, 0.2) is 0 Å². The first-order chi connectivity index (χ1) is 6.49. The molecule has 14 heavy (non-hydrogen) atoms. The summed E-state index contributed by atoms with van der Waals surface area (Å²) in [5.41, 5.74) is 9.58. The van der Waals surface area contributed by atoms with Crippen LogP contribution in [0.3, 0.4) is 0 Å². The van der Waals surface area contributed by atoms with Crippen molar-refractivity contribution in [1.82, 2.24) is 0 Å². The Morgan fingerprint density at radius 2 is 1.71 bits per heavy atom. The van der Waals surface area contributed by atoms with Crippen LogP contribution in [0.25, 0.3) is 0 Å². The molecule has 0 aromatic heterocycles. The summed E-state index contributed by atoms with van der Waals surface area (Å²) in [6.45, 7) is 6.88. The van der Waals surface area contributed by atoms with Crippen LogP contribution in [0.15, 0.2) is 0 Å². The van der Waals surface area contributed by atoms with Crippen LogP contribution in [0.5, 0.6) is 0 Å². The summed E-state index contributed by atoms with van der Waals surface area (Å²) in [6.07, 6.45) is 6.35. The standard InChI is InChI=1S/C12H23NSi/c1-14(2,3)10-9-11-7-5-4-6-8-12(11)13/h11-12H,4-8,13H2,1-3H3. The molecule has 2 N–H and O–H groups in total. The van der Waals surface area contributed by atoms with Gasteiger partial charge in [0.2, 0.25) is 0 Å². The minimum Gasteiger partial charge on any atom is -0.327 e. The number of nitrogens with two attached hydrogens (primary N) is 1. The van der Waals surface area contributed by atoms with E-state index in [4.69, 9.17) is 5.73 Å². The Labute approximate surface area is 89.5 Å². The lowest BCUT2D eigenvalue weighted by atomic mass is 9.97. The van der Waals surface area contributed by atoms with Gasteiger partial charge in [-0.2, -0.15) is 0 Å². The molecule has 0 aliphatic heterocycles. The van der Waals surface area contributed by atoms with Gasteiger partial charge in [0.1, 0.15) is 8.07 Å². The lowest BCUT2D eigenvalue weighted by Gasteiger charge is -2.16. The van der Waals surface area contributed by atoms with E-state index < -0.39 is 8.07 Å². The average molecular weight is 209 g/mol. The molecule has 1 rings (SSSR count). The number of hydrogen-bond acceptors (Lipinski definition) is 1. The third-order valence-corrected chi connectivity index (χ3v) is 3.60. The van der Waals surface area contributed by atoms with Crippen LogP contribution in [-0.2, 0) is 0 Å². The van der Waals surface area contributed by atoms with Gasteiger partial charge in [-0.1, -0.05) is 38.9 Å². The highest BCUT2D eigenvalue weighted by Crippen LogP contribution is 2.21. The summed E-state index contributed by atoms with van der Waals surface area (Å²) in [5, 5.41) is 0. The van der Waals surface area contributed by atoms with Crippen LogP contribution < -0.4 is 5.73 Å². The Morgan fingerprint density at radius 3 is 2.36 bits per heavy atom. The van der Waals surface area contributed by atoms with Crippen LogP contribution >= 0.6 is 0 Å². The van der Waals surface area contributed by atoms with Crippen LogP contribution in [0.4, 0.5) is 0 Å². The van der Waals surface area contributed by atoms with Crippen LogP contribution in [0.2, 0.25) is 19.6 Å². The Morgan fingerprint density at radius 1 is 1.07 bits per heavy atom.